The summed E-state index contributed by atoms with van der Waals surface area (Å²) in [6, 6.07) is 1.32. The summed E-state index contributed by atoms with van der Waals surface area (Å²) in [4.78, 5) is 14.5. The highest BCUT2D eigenvalue weighted by Crippen LogP contribution is 2.37. The van der Waals surface area contributed by atoms with Gasteiger partial charge in [0.1, 0.15) is 5.76 Å². The lowest BCUT2D eigenvalue weighted by Crippen LogP contribution is -2.44. The number of piperidine rings is 1. The third-order valence-electron chi connectivity index (χ3n) is 5.10. The van der Waals surface area contributed by atoms with Crippen molar-refractivity contribution in [2.45, 2.75) is 31.3 Å². The Balaban J connectivity index is 1.74. The highest BCUT2D eigenvalue weighted by Gasteiger charge is 2.38. The van der Waals surface area contributed by atoms with E-state index in [-0.39, 0.29) is 11.0 Å². The summed E-state index contributed by atoms with van der Waals surface area (Å²) in [6.07, 6.45) is 3.15. The van der Waals surface area contributed by atoms with Gasteiger partial charge in [-0.1, -0.05) is 0 Å². The van der Waals surface area contributed by atoms with Crippen molar-refractivity contribution in [2.24, 2.45) is 5.41 Å². The van der Waals surface area contributed by atoms with Crippen LogP contribution in [0.2, 0.25) is 0 Å². The van der Waals surface area contributed by atoms with E-state index < -0.39 is 10.0 Å². The summed E-state index contributed by atoms with van der Waals surface area (Å²) in [5.41, 5.74) is 0.669. The van der Waals surface area contributed by atoms with E-state index in [9.17, 15) is 13.2 Å². The molecule has 8 heteroatoms. The first-order valence-electron chi connectivity index (χ1n) is 7.91. The number of nitrogens with one attached hydrogen (secondary N) is 2. The molecule has 0 aliphatic carbocycles. The smallest absolute Gasteiger partial charge is 0.273 e. The minimum Gasteiger partial charge on any atom is -0.448 e. The Hall–Kier alpha value is -1.38. The average molecular weight is 341 g/mol. The van der Waals surface area contributed by atoms with Crippen LogP contribution in [0.4, 0.5) is 0 Å². The first-order chi connectivity index (χ1) is 10.9. The van der Waals surface area contributed by atoms with Crippen LogP contribution in [-0.2, 0) is 10.0 Å². The van der Waals surface area contributed by atoms with Gasteiger partial charge in [0.15, 0.2) is 0 Å². The van der Waals surface area contributed by atoms with Gasteiger partial charge in [-0.15, -0.1) is 0 Å². The summed E-state index contributed by atoms with van der Waals surface area (Å²) in [5, 5.41) is 3.19. The van der Waals surface area contributed by atoms with Crippen molar-refractivity contribution in [3.05, 3.63) is 17.4 Å². The van der Waals surface area contributed by atoms with Gasteiger partial charge in [0.05, 0.1) is 5.56 Å². The van der Waals surface area contributed by atoms with Crippen LogP contribution in [-0.4, -0.2) is 52.5 Å². The molecule has 2 N–H and O–H groups in total. The topological polar surface area (TPSA) is 91.7 Å². The molecule has 0 atom stereocenters. The SMILES string of the molecule is CNS(=O)(=O)c1cc(C(=O)N2CCC3(CCNC3)CC2)c(C)o1. The van der Waals surface area contributed by atoms with Crippen molar-refractivity contribution >= 4 is 15.9 Å². The van der Waals surface area contributed by atoms with Gasteiger partial charge >= 0.3 is 0 Å². The lowest BCUT2D eigenvalue weighted by atomic mass is 9.78. The maximum Gasteiger partial charge on any atom is 0.273 e. The summed E-state index contributed by atoms with van der Waals surface area (Å²) < 4.78 is 31.1. The molecule has 1 aromatic rings. The van der Waals surface area contributed by atoms with Crippen LogP contribution in [0, 0.1) is 12.3 Å². The lowest BCUT2D eigenvalue weighted by Gasteiger charge is -2.38. The maximum atomic E-state index is 12.7. The van der Waals surface area contributed by atoms with Crippen molar-refractivity contribution in [1.82, 2.24) is 14.9 Å². The number of nitrogens with zero attached hydrogens (tertiary/aromatic N) is 1. The van der Waals surface area contributed by atoms with Gasteiger partial charge in [0.25, 0.3) is 15.9 Å². The fraction of sp³-hybridized carbons (Fsp3) is 0.667. The van der Waals surface area contributed by atoms with Crippen LogP contribution in [0.25, 0.3) is 0 Å². The zero-order valence-corrected chi connectivity index (χ0v) is 14.3. The second kappa shape index (κ2) is 5.92. The van der Waals surface area contributed by atoms with Crippen molar-refractivity contribution in [3.8, 4) is 0 Å². The summed E-state index contributed by atoms with van der Waals surface area (Å²) >= 11 is 0. The third-order valence-corrected chi connectivity index (χ3v) is 6.37. The van der Waals surface area contributed by atoms with Gasteiger partial charge in [0, 0.05) is 25.7 Å². The molecule has 2 saturated heterocycles. The number of carbonyl (C=O) groups excluding carboxylic acids is 1. The molecule has 3 rings (SSSR count). The third kappa shape index (κ3) is 3.02. The summed E-state index contributed by atoms with van der Waals surface area (Å²) in [6.45, 7) is 5.12. The molecule has 7 nitrogen and oxygen atoms in total. The number of aryl methyl sites for hydroxylation is 1. The molecular weight excluding hydrogens is 318 g/mol. The van der Waals surface area contributed by atoms with Gasteiger partial charge < -0.3 is 14.6 Å². The monoisotopic (exact) mass is 341 g/mol. The Kier molecular flexibility index (Phi) is 4.24. The fourth-order valence-electron chi connectivity index (χ4n) is 3.48. The van der Waals surface area contributed by atoms with E-state index in [0.717, 1.165) is 25.9 Å². The first kappa shape index (κ1) is 16.5. The van der Waals surface area contributed by atoms with Crippen LogP contribution in [0.3, 0.4) is 0 Å². The van der Waals surface area contributed by atoms with Gasteiger partial charge in [-0.2, -0.15) is 0 Å². The van der Waals surface area contributed by atoms with Crippen LogP contribution in [0.15, 0.2) is 15.6 Å². The van der Waals surface area contributed by atoms with Crippen LogP contribution < -0.4 is 10.0 Å². The van der Waals surface area contributed by atoms with Crippen LogP contribution in [0.1, 0.15) is 35.4 Å². The zero-order valence-electron chi connectivity index (χ0n) is 13.5. The van der Waals surface area contributed by atoms with Crippen molar-refractivity contribution in [3.63, 3.8) is 0 Å². The number of hydrogen-bond donors (Lipinski definition) is 2. The average Bonchev–Trinajstić information content (AvgIpc) is 3.15. The quantitative estimate of drug-likeness (QED) is 0.845. The fourth-order valence-corrected chi connectivity index (χ4v) is 4.19. The Morgan fingerprint density at radius 3 is 2.61 bits per heavy atom. The van der Waals surface area contributed by atoms with Crippen LogP contribution in [0.5, 0.6) is 0 Å². The molecule has 0 aromatic carbocycles. The maximum absolute atomic E-state index is 12.7. The van der Waals surface area contributed by atoms with Gasteiger partial charge in [-0.25, -0.2) is 13.1 Å². The number of sulfonamides is 1. The molecule has 0 bridgehead atoms. The molecule has 1 spiro atoms. The van der Waals surface area contributed by atoms with E-state index in [1.165, 1.54) is 19.5 Å². The zero-order chi connectivity index (χ0) is 16.7. The van der Waals surface area contributed by atoms with Gasteiger partial charge in [-0.05, 0) is 45.2 Å². The molecule has 0 radical (unpaired) electrons. The number of rotatable bonds is 3. The Morgan fingerprint density at radius 2 is 2.04 bits per heavy atom. The number of amides is 1. The molecule has 2 aliphatic heterocycles. The Bertz CT molecular complexity index is 694. The van der Waals surface area contributed by atoms with E-state index >= 15 is 0 Å². The van der Waals surface area contributed by atoms with E-state index in [2.05, 4.69) is 10.0 Å². The molecule has 2 fully saturated rings. The van der Waals surface area contributed by atoms with Crippen molar-refractivity contribution in [1.29, 1.82) is 0 Å². The Labute approximate surface area is 136 Å². The minimum absolute atomic E-state index is 0.149. The standard InChI is InChI=1S/C15H23N3O4S/c1-11-12(9-13(22-11)23(20,21)16-2)14(19)18-7-4-15(5-8-18)3-6-17-10-15/h9,16-17H,3-8,10H2,1-2H3. The molecule has 128 valence electrons. The van der Waals surface area contributed by atoms with Gasteiger partial charge in [-0.3, -0.25) is 4.79 Å². The minimum atomic E-state index is -3.68. The largest absolute Gasteiger partial charge is 0.448 e. The van der Waals surface area contributed by atoms with E-state index in [4.69, 9.17) is 4.42 Å². The molecule has 2 aliphatic rings. The molecule has 1 aromatic heterocycles. The number of carbonyl (C=O) groups is 1. The molecule has 0 unspecified atom stereocenters. The van der Waals surface area contributed by atoms with Crippen LogP contribution >= 0.6 is 0 Å². The number of likely N-dealkylation sites (tertiary alicyclic amines) is 1. The molecule has 23 heavy (non-hydrogen) atoms. The molecular formula is C15H23N3O4S. The summed E-state index contributed by atoms with van der Waals surface area (Å²) in [5.74, 6) is 0.191. The van der Waals surface area contributed by atoms with E-state index in [0.29, 0.717) is 29.8 Å². The number of hydrogen-bond acceptors (Lipinski definition) is 5. The highest BCUT2D eigenvalue weighted by atomic mass is 32.2. The lowest BCUT2D eigenvalue weighted by molar-refractivity contribution is 0.0606. The number of furan rings is 1. The highest BCUT2D eigenvalue weighted by molar-refractivity contribution is 7.89. The summed E-state index contributed by atoms with van der Waals surface area (Å²) in [7, 11) is -2.36. The molecule has 0 saturated carbocycles. The van der Waals surface area contributed by atoms with Gasteiger partial charge in [0.2, 0.25) is 5.09 Å². The van der Waals surface area contributed by atoms with Crippen molar-refractivity contribution < 1.29 is 17.6 Å². The second-order valence-electron chi connectivity index (χ2n) is 6.46. The second-order valence-corrected chi connectivity index (χ2v) is 8.28. The predicted molar refractivity (Wildman–Crippen MR) is 84.7 cm³/mol. The molecule has 3 heterocycles. The first-order valence-corrected chi connectivity index (χ1v) is 9.39. The van der Waals surface area contributed by atoms with Crippen molar-refractivity contribution in [2.75, 3.05) is 33.2 Å². The predicted octanol–water partition coefficient (Wildman–Crippen LogP) is 0.712. The van der Waals surface area contributed by atoms with E-state index in [1.54, 1.807) is 11.8 Å². The Morgan fingerprint density at radius 1 is 1.35 bits per heavy atom. The normalized spacial score (nSPS) is 21.0. The van der Waals surface area contributed by atoms with E-state index in [1.807, 2.05) is 0 Å². The molecule has 1 amide bonds.